The molecule has 0 aliphatic heterocycles. The summed E-state index contributed by atoms with van der Waals surface area (Å²) >= 11 is 0. The van der Waals surface area contributed by atoms with E-state index in [0.29, 0.717) is 34.2 Å². The molecule has 0 amide bonds. The van der Waals surface area contributed by atoms with Crippen LogP contribution in [0.25, 0.3) is 0 Å². The number of benzene rings is 2. The third kappa shape index (κ3) is 4.44. The number of ketones is 1. The fourth-order valence-electron chi connectivity index (χ4n) is 2.23. The number of carbonyl (C=O) groups excluding carboxylic acids is 1. The lowest BCUT2D eigenvalue weighted by molar-refractivity contribution is 0.104. The van der Waals surface area contributed by atoms with Crippen molar-refractivity contribution in [1.29, 1.82) is 0 Å². The molecule has 0 aromatic heterocycles. The number of rotatable bonds is 8. The molecule has 2 rings (SSSR count). The van der Waals surface area contributed by atoms with Gasteiger partial charge in [0.15, 0.2) is 17.3 Å². The molecule has 6 nitrogen and oxygen atoms in total. The van der Waals surface area contributed by atoms with E-state index in [1.165, 1.54) is 6.08 Å². The maximum atomic E-state index is 12.1. The van der Waals surface area contributed by atoms with Crippen LogP contribution in [-0.2, 0) is 0 Å². The van der Waals surface area contributed by atoms with Crippen molar-refractivity contribution in [2.75, 3.05) is 33.8 Å². The van der Waals surface area contributed by atoms with E-state index < -0.39 is 0 Å². The zero-order valence-electron chi connectivity index (χ0n) is 14.7. The second kappa shape index (κ2) is 8.63. The molecule has 0 bridgehead atoms. The van der Waals surface area contributed by atoms with Crippen molar-refractivity contribution in [2.24, 2.45) is 0 Å². The summed E-state index contributed by atoms with van der Waals surface area (Å²) in [5, 5.41) is 3.03. The molecular formula is C19H21NO5. The Morgan fingerprint density at radius 1 is 0.880 bits per heavy atom. The molecule has 0 radical (unpaired) electrons. The Bertz CT molecular complexity index is 728. The standard InChI is InChI=1S/C19H21NO5/c1-22-15-7-5-13(6-8-15)16(21)9-10-20-14-11-17(23-2)19(25-4)18(12-14)24-3/h5-12,20H,1-4H3/b10-9+. The summed E-state index contributed by atoms with van der Waals surface area (Å²) in [6.07, 6.45) is 3.01. The second-order valence-electron chi connectivity index (χ2n) is 4.98. The Labute approximate surface area is 147 Å². The Morgan fingerprint density at radius 2 is 1.48 bits per heavy atom. The Kier molecular flexibility index (Phi) is 6.28. The fraction of sp³-hybridized carbons (Fsp3) is 0.211. The number of hydrogen-bond acceptors (Lipinski definition) is 6. The Morgan fingerprint density at radius 3 is 1.96 bits per heavy atom. The van der Waals surface area contributed by atoms with Crippen molar-refractivity contribution < 1.29 is 23.7 Å². The summed E-state index contributed by atoms with van der Waals surface area (Å²) in [7, 11) is 6.22. The van der Waals surface area contributed by atoms with Gasteiger partial charge in [-0.1, -0.05) is 0 Å². The average molecular weight is 343 g/mol. The van der Waals surface area contributed by atoms with Crippen LogP contribution in [0.3, 0.4) is 0 Å². The Hall–Kier alpha value is -3.15. The van der Waals surface area contributed by atoms with Crippen molar-refractivity contribution in [3.8, 4) is 23.0 Å². The van der Waals surface area contributed by atoms with E-state index in [1.54, 1.807) is 71.0 Å². The van der Waals surface area contributed by atoms with E-state index in [4.69, 9.17) is 18.9 Å². The molecule has 0 unspecified atom stereocenters. The molecule has 2 aromatic carbocycles. The van der Waals surface area contributed by atoms with Gasteiger partial charge in [0.2, 0.25) is 5.75 Å². The number of nitrogens with one attached hydrogen (secondary N) is 1. The number of methoxy groups -OCH3 is 4. The number of anilines is 1. The van der Waals surface area contributed by atoms with E-state index in [-0.39, 0.29) is 5.78 Å². The molecule has 1 N–H and O–H groups in total. The third-order valence-electron chi connectivity index (χ3n) is 3.52. The molecule has 0 saturated heterocycles. The Balaban J connectivity index is 2.11. The predicted octanol–water partition coefficient (Wildman–Crippen LogP) is 3.53. The summed E-state index contributed by atoms with van der Waals surface area (Å²) < 4.78 is 20.9. The summed E-state index contributed by atoms with van der Waals surface area (Å²) in [5.41, 5.74) is 1.28. The lowest BCUT2D eigenvalue weighted by Crippen LogP contribution is -1.99. The van der Waals surface area contributed by atoms with Gasteiger partial charge in [0, 0.05) is 35.7 Å². The topological polar surface area (TPSA) is 66.0 Å². The van der Waals surface area contributed by atoms with Crippen molar-refractivity contribution in [3.05, 3.63) is 54.2 Å². The number of hydrogen-bond donors (Lipinski definition) is 1. The van der Waals surface area contributed by atoms with Gasteiger partial charge < -0.3 is 24.3 Å². The monoisotopic (exact) mass is 343 g/mol. The molecular weight excluding hydrogens is 322 g/mol. The molecule has 0 aliphatic carbocycles. The maximum Gasteiger partial charge on any atom is 0.203 e. The molecule has 0 spiro atoms. The van der Waals surface area contributed by atoms with Crippen LogP contribution >= 0.6 is 0 Å². The molecule has 0 atom stereocenters. The SMILES string of the molecule is COc1ccc(C(=O)/C=C/Nc2cc(OC)c(OC)c(OC)c2)cc1. The van der Waals surface area contributed by atoms with Crippen LogP contribution in [0.15, 0.2) is 48.7 Å². The van der Waals surface area contributed by atoms with Crippen molar-refractivity contribution in [1.82, 2.24) is 0 Å². The molecule has 0 heterocycles. The minimum Gasteiger partial charge on any atom is -0.497 e. The molecule has 6 heteroatoms. The minimum atomic E-state index is -0.123. The first-order valence-corrected chi connectivity index (χ1v) is 7.54. The molecule has 25 heavy (non-hydrogen) atoms. The molecule has 0 aliphatic rings. The van der Waals surface area contributed by atoms with Crippen LogP contribution in [0.2, 0.25) is 0 Å². The van der Waals surface area contributed by atoms with Gasteiger partial charge in [0.05, 0.1) is 28.4 Å². The molecule has 0 saturated carbocycles. The maximum absolute atomic E-state index is 12.1. The van der Waals surface area contributed by atoms with Gasteiger partial charge in [-0.15, -0.1) is 0 Å². The van der Waals surface area contributed by atoms with Gasteiger partial charge in [-0.25, -0.2) is 0 Å². The highest BCUT2D eigenvalue weighted by molar-refractivity contribution is 6.04. The van der Waals surface area contributed by atoms with Crippen LogP contribution < -0.4 is 24.3 Å². The summed E-state index contributed by atoms with van der Waals surface area (Å²) in [6.45, 7) is 0. The van der Waals surface area contributed by atoms with E-state index in [1.807, 2.05) is 0 Å². The number of ether oxygens (including phenoxy) is 4. The first-order chi connectivity index (χ1) is 12.1. The largest absolute Gasteiger partial charge is 0.497 e. The second-order valence-corrected chi connectivity index (χ2v) is 4.98. The van der Waals surface area contributed by atoms with Crippen molar-refractivity contribution >= 4 is 11.5 Å². The van der Waals surface area contributed by atoms with Crippen molar-refractivity contribution in [3.63, 3.8) is 0 Å². The number of carbonyl (C=O) groups is 1. The third-order valence-corrected chi connectivity index (χ3v) is 3.52. The van der Waals surface area contributed by atoms with Crippen LogP contribution in [0.5, 0.6) is 23.0 Å². The first kappa shape index (κ1) is 18.2. The zero-order valence-corrected chi connectivity index (χ0v) is 14.7. The summed E-state index contributed by atoms with van der Waals surface area (Å²) in [5.74, 6) is 2.14. The molecule has 2 aromatic rings. The predicted molar refractivity (Wildman–Crippen MR) is 96.2 cm³/mol. The van der Waals surface area contributed by atoms with Gasteiger partial charge in [0.25, 0.3) is 0 Å². The highest BCUT2D eigenvalue weighted by Crippen LogP contribution is 2.39. The smallest absolute Gasteiger partial charge is 0.203 e. The minimum absolute atomic E-state index is 0.123. The van der Waals surface area contributed by atoms with Crippen LogP contribution in [-0.4, -0.2) is 34.2 Å². The summed E-state index contributed by atoms with van der Waals surface area (Å²) in [4.78, 5) is 12.1. The highest BCUT2D eigenvalue weighted by atomic mass is 16.5. The number of allylic oxidation sites excluding steroid dienone is 1. The van der Waals surface area contributed by atoms with E-state index in [0.717, 1.165) is 0 Å². The van der Waals surface area contributed by atoms with Gasteiger partial charge in [-0.2, -0.15) is 0 Å². The van der Waals surface area contributed by atoms with Crippen LogP contribution in [0.4, 0.5) is 5.69 Å². The van der Waals surface area contributed by atoms with Crippen molar-refractivity contribution in [2.45, 2.75) is 0 Å². The fourth-order valence-corrected chi connectivity index (χ4v) is 2.23. The highest BCUT2D eigenvalue weighted by Gasteiger charge is 2.12. The van der Waals surface area contributed by atoms with Crippen LogP contribution in [0, 0.1) is 0 Å². The zero-order chi connectivity index (χ0) is 18.2. The van der Waals surface area contributed by atoms with Gasteiger partial charge in [-0.05, 0) is 24.3 Å². The first-order valence-electron chi connectivity index (χ1n) is 7.54. The lowest BCUT2D eigenvalue weighted by Gasteiger charge is -2.13. The van der Waals surface area contributed by atoms with E-state index in [2.05, 4.69) is 5.32 Å². The summed E-state index contributed by atoms with van der Waals surface area (Å²) in [6, 6.07) is 10.4. The van der Waals surface area contributed by atoms with E-state index >= 15 is 0 Å². The van der Waals surface area contributed by atoms with Crippen LogP contribution in [0.1, 0.15) is 10.4 Å². The van der Waals surface area contributed by atoms with Gasteiger partial charge in [-0.3, -0.25) is 4.79 Å². The molecule has 132 valence electrons. The van der Waals surface area contributed by atoms with E-state index in [9.17, 15) is 4.79 Å². The normalized spacial score (nSPS) is 10.4. The lowest BCUT2D eigenvalue weighted by atomic mass is 10.1. The average Bonchev–Trinajstić information content (AvgIpc) is 2.66. The quantitative estimate of drug-likeness (QED) is 0.584. The van der Waals surface area contributed by atoms with Gasteiger partial charge >= 0.3 is 0 Å². The molecule has 0 fully saturated rings. The van der Waals surface area contributed by atoms with Gasteiger partial charge in [0.1, 0.15) is 5.75 Å².